The Hall–Kier alpha value is -1.62. The van der Waals surface area contributed by atoms with Gasteiger partial charge in [-0.25, -0.2) is 4.39 Å². The number of hydrogen-bond donors (Lipinski definition) is 1. The van der Waals surface area contributed by atoms with Crippen molar-refractivity contribution in [2.75, 3.05) is 27.2 Å². The highest BCUT2D eigenvalue weighted by Crippen LogP contribution is 2.26. The van der Waals surface area contributed by atoms with Crippen LogP contribution in [0.15, 0.2) is 18.2 Å². The van der Waals surface area contributed by atoms with E-state index in [9.17, 15) is 9.18 Å². The molecule has 5 heteroatoms. The number of hydrogen-bond acceptors (Lipinski definition) is 3. The van der Waals surface area contributed by atoms with Gasteiger partial charge in [0.15, 0.2) is 0 Å². The van der Waals surface area contributed by atoms with E-state index in [1.165, 1.54) is 13.2 Å². The molecule has 1 unspecified atom stereocenters. The Morgan fingerprint density at radius 1 is 1.50 bits per heavy atom. The first kappa shape index (κ1) is 14.8. The van der Waals surface area contributed by atoms with Gasteiger partial charge in [0.05, 0.1) is 7.11 Å². The Bertz CT molecular complexity index is 477. The third-order valence-electron chi connectivity index (χ3n) is 3.74. The highest BCUT2D eigenvalue weighted by molar-refractivity contribution is 5.97. The van der Waals surface area contributed by atoms with E-state index in [4.69, 9.17) is 4.74 Å². The zero-order valence-electron chi connectivity index (χ0n) is 12.0. The second kappa shape index (κ2) is 6.70. The number of nitrogens with zero attached hydrogens (tertiary/aromatic N) is 1. The number of piperidine rings is 1. The van der Waals surface area contributed by atoms with Gasteiger partial charge in [0, 0.05) is 19.1 Å². The summed E-state index contributed by atoms with van der Waals surface area (Å²) in [5, 5.41) is 3.10. The number of ether oxygens (including phenoxy) is 1. The molecule has 1 heterocycles. The van der Waals surface area contributed by atoms with Gasteiger partial charge >= 0.3 is 0 Å². The lowest BCUT2D eigenvalue weighted by atomic mass is 10.00. The highest BCUT2D eigenvalue weighted by atomic mass is 19.1. The van der Waals surface area contributed by atoms with E-state index in [1.807, 2.05) is 7.05 Å². The minimum Gasteiger partial charge on any atom is -0.496 e. The minimum atomic E-state index is -0.525. The van der Waals surface area contributed by atoms with Crippen molar-refractivity contribution in [2.45, 2.75) is 25.3 Å². The summed E-state index contributed by atoms with van der Waals surface area (Å²) in [4.78, 5) is 14.4. The van der Waals surface area contributed by atoms with Crippen LogP contribution in [0, 0.1) is 5.82 Å². The Morgan fingerprint density at radius 2 is 2.30 bits per heavy atom. The third-order valence-corrected chi connectivity index (χ3v) is 3.74. The van der Waals surface area contributed by atoms with Gasteiger partial charge in [-0.1, -0.05) is 6.07 Å². The second-order valence-corrected chi connectivity index (χ2v) is 5.02. The molecule has 1 N–H and O–H groups in total. The van der Waals surface area contributed by atoms with E-state index < -0.39 is 5.82 Å². The molecule has 0 aliphatic carbocycles. The number of carbonyl (C=O) groups is 1. The van der Waals surface area contributed by atoms with Gasteiger partial charge in [-0.15, -0.1) is 0 Å². The number of rotatable bonds is 4. The first-order chi connectivity index (χ1) is 9.69. The maximum Gasteiger partial charge on any atom is 0.260 e. The zero-order chi connectivity index (χ0) is 14.5. The molecule has 0 spiro atoms. The highest BCUT2D eigenvalue weighted by Gasteiger charge is 2.30. The number of nitrogens with one attached hydrogen (secondary N) is 1. The number of halogens is 1. The van der Waals surface area contributed by atoms with Crippen molar-refractivity contribution in [3.05, 3.63) is 29.6 Å². The number of likely N-dealkylation sites (N-methyl/N-ethyl adjacent to an activating group) is 1. The lowest BCUT2D eigenvalue weighted by molar-refractivity contribution is 0.0606. The quantitative estimate of drug-likeness (QED) is 0.918. The van der Waals surface area contributed by atoms with Gasteiger partial charge in [0.25, 0.3) is 5.91 Å². The van der Waals surface area contributed by atoms with E-state index in [0.717, 1.165) is 25.8 Å². The molecule has 1 atom stereocenters. The smallest absolute Gasteiger partial charge is 0.260 e. The summed E-state index contributed by atoms with van der Waals surface area (Å²) in [6.07, 6.45) is 3.01. The SMILES string of the molecule is CNCC1CCCCN1C(=O)c1c(F)cccc1OC. The minimum absolute atomic E-state index is 0.0398. The lowest BCUT2D eigenvalue weighted by Crippen LogP contribution is -2.48. The normalized spacial score (nSPS) is 18.9. The Morgan fingerprint density at radius 3 is 3.00 bits per heavy atom. The molecular weight excluding hydrogens is 259 g/mol. The van der Waals surface area contributed by atoms with Crippen molar-refractivity contribution in [2.24, 2.45) is 0 Å². The van der Waals surface area contributed by atoms with Crippen molar-refractivity contribution >= 4 is 5.91 Å². The van der Waals surface area contributed by atoms with Gasteiger partial charge in [-0.05, 0) is 38.4 Å². The fourth-order valence-corrected chi connectivity index (χ4v) is 2.74. The molecule has 0 aromatic heterocycles. The van der Waals surface area contributed by atoms with E-state index in [2.05, 4.69) is 5.32 Å². The monoisotopic (exact) mass is 280 g/mol. The van der Waals surface area contributed by atoms with E-state index in [-0.39, 0.29) is 17.5 Å². The first-order valence-corrected chi connectivity index (χ1v) is 6.97. The Balaban J connectivity index is 2.29. The number of amides is 1. The summed E-state index contributed by atoms with van der Waals surface area (Å²) < 4.78 is 19.1. The molecule has 0 saturated carbocycles. The lowest BCUT2D eigenvalue weighted by Gasteiger charge is -2.36. The van der Waals surface area contributed by atoms with Crippen LogP contribution < -0.4 is 10.1 Å². The zero-order valence-corrected chi connectivity index (χ0v) is 12.0. The van der Waals surface area contributed by atoms with E-state index in [1.54, 1.807) is 17.0 Å². The van der Waals surface area contributed by atoms with Gasteiger partial charge in [0.1, 0.15) is 17.1 Å². The molecule has 1 aromatic rings. The largest absolute Gasteiger partial charge is 0.496 e. The standard InChI is InChI=1S/C15H21FN2O2/c1-17-10-11-6-3-4-9-18(11)15(19)14-12(16)7-5-8-13(14)20-2/h5,7-8,11,17H,3-4,6,9-10H2,1-2H3. The molecule has 110 valence electrons. The molecule has 20 heavy (non-hydrogen) atoms. The van der Waals surface area contributed by atoms with Crippen molar-refractivity contribution in [1.29, 1.82) is 0 Å². The maximum absolute atomic E-state index is 14.0. The van der Waals surface area contributed by atoms with Gasteiger partial charge in [-0.2, -0.15) is 0 Å². The van der Waals surface area contributed by atoms with Crippen LogP contribution in [0.25, 0.3) is 0 Å². The van der Waals surface area contributed by atoms with Crippen molar-refractivity contribution < 1.29 is 13.9 Å². The van der Waals surface area contributed by atoms with Gasteiger partial charge in [-0.3, -0.25) is 4.79 Å². The maximum atomic E-state index is 14.0. The van der Waals surface area contributed by atoms with Crippen molar-refractivity contribution in [3.63, 3.8) is 0 Å². The molecule has 1 fully saturated rings. The first-order valence-electron chi connectivity index (χ1n) is 6.97. The molecule has 1 saturated heterocycles. The molecule has 0 radical (unpaired) electrons. The van der Waals surface area contributed by atoms with Crippen LogP contribution in [0.4, 0.5) is 4.39 Å². The fourth-order valence-electron chi connectivity index (χ4n) is 2.74. The topological polar surface area (TPSA) is 41.6 Å². The summed E-state index contributed by atoms with van der Waals surface area (Å²) >= 11 is 0. The van der Waals surface area contributed by atoms with Crippen molar-refractivity contribution in [1.82, 2.24) is 10.2 Å². The fraction of sp³-hybridized carbons (Fsp3) is 0.533. The molecule has 1 aliphatic rings. The summed E-state index contributed by atoms with van der Waals surface area (Å²) in [5.41, 5.74) is 0.0398. The van der Waals surface area contributed by atoms with E-state index in [0.29, 0.717) is 12.3 Å². The van der Waals surface area contributed by atoms with Crippen LogP contribution in [-0.4, -0.2) is 44.1 Å². The predicted molar refractivity (Wildman–Crippen MR) is 75.6 cm³/mol. The second-order valence-electron chi connectivity index (χ2n) is 5.02. The summed E-state index contributed by atoms with van der Waals surface area (Å²) in [6.45, 7) is 1.39. The third kappa shape index (κ3) is 2.93. The molecule has 1 amide bonds. The number of likely N-dealkylation sites (tertiary alicyclic amines) is 1. The Labute approximate surface area is 118 Å². The summed E-state index contributed by atoms with van der Waals surface area (Å²) in [5.74, 6) is -0.508. The molecule has 4 nitrogen and oxygen atoms in total. The predicted octanol–water partition coefficient (Wildman–Crippen LogP) is 2.05. The van der Waals surface area contributed by atoms with Crippen molar-refractivity contribution in [3.8, 4) is 5.75 Å². The van der Waals surface area contributed by atoms with Gasteiger partial charge < -0.3 is 15.0 Å². The summed E-state index contributed by atoms with van der Waals surface area (Å²) in [7, 11) is 3.31. The van der Waals surface area contributed by atoms with Crippen LogP contribution in [0.3, 0.4) is 0 Å². The van der Waals surface area contributed by atoms with Gasteiger partial charge in [0.2, 0.25) is 0 Å². The number of benzene rings is 1. The molecular formula is C15H21FN2O2. The molecule has 1 aromatic carbocycles. The van der Waals surface area contributed by atoms with Crippen LogP contribution in [0.2, 0.25) is 0 Å². The molecule has 2 rings (SSSR count). The average molecular weight is 280 g/mol. The van der Waals surface area contributed by atoms with Crippen LogP contribution in [0.5, 0.6) is 5.75 Å². The van der Waals surface area contributed by atoms with Crippen LogP contribution in [0.1, 0.15) is 29.6 Å². The van der Waals surface area contributed by atoms with E-state index >= 15 is 0 Å². The summed E-state index contributed by atoms with van der Waals surface area (Å²) in [6, 6.07) is 4.58. The van der Waals surface area contributed by atoms with Crippen LogP contribution >= 0.6 is 0 Å². The number of methoxy groups -OCH3 is 1. The van der Waals surface area contributed by atoms with Crippen LogP contribution in [-0.2, 0) is 0 Å². The molecule has 1 aliphatic heterocycles. The Kier molecular flexibility index (Phi) is 4.95. The average Bonchev–Trinajstić information content (AvgIpc) is 2.47. The number of carbonyl (C=O) groups excluding carboxylic acids is 1. The molecule has 0 bridgehead atoms.